The minimum Gasteiger partial charge on any atom is -0.462 e. The van der Waals surface area contributed by atoms with E-state index in [1.807, 2.05) is 0 Å². The molecule has 0 aliphatic heterocycles. The third-order valence-corrected chi connectivity index (χ3v) is 3.55. The number of fused-ring (bicyclic) bond motifs is 2. The average Bonchev–Trinajstić information content (AvgIpc) is 2.48. The van der Waals surface area contributed by atoms with Gasteiger partial charge in [-0.15, -0.1) is 0 Å². The fraction of sp³-hybridized carbons (Fsp3) is 0.188. The molecule has 112 valence electrons. The summed E-state index contributed by atoms with van der Waals surface area (Å²) in [5.74, 6) is -0.514. The van der Waals surface area contributed by atoms with Crippen LogP contribution < -0.4 is 5.43 Å². The Balaban J connectivity index is 2.35. The highest BCUT2D eigenvalue weighted by molar-refractivity contribution is 6.31. The van der Waals surface area contributed by atoms with Crippen LogP contribution in [0.5, 0.6) is 0 Å². The summed E-state index contributed by atoms with van der Waals surface area (Å²) in [6.45, 7) is 3.63. The van der Waals surface area contributed by atoms with E-state index in [0.717, 1.165) is 0 Å². The number of hydrogen-bond acceptors (Lipinski definition) is 5. The molecule has 3 aromatic rings. The number of aromatic nitrogens is 1. The van der Waals surface area contributed by atoms with Gasteiger partial charge in [0.2, 0.25) is 11.1 Å². The number of aryl methyl sites for hydroxylation is 1. The van der Waals surface area contributed by atoms with Crippen LogP contribution in [0.15, 0.2) is 33.5 Å². The van der Waals surface area contributed by atoms with Gasteiger partial charge in [0.1, 0.15) is 5.58 Å². The average molecular weight is 318 g/mol. The molecule has 0 atom stereocenters. The van der Waals surface area contributed by atoms with E-state index in [4.69, 9.17) is 20.8 Å². The quantitative estimate of drug-likeness (QED) is 0.534. The highest BCUT2D eigenvalue weighted by Crippen LogP contribution is 2.22. The van der Waals surface area contributed by atoms with Crippen molar-refractivity contribution in [3.8, 4) is 0 Å². The maximum absolute atomic E-state index is 12.6. The van der Waals surface area contributed by atoms with Crippen LogP contribution in [-0.4, -0.2) is 17.6 Å². The molecule has 0 fully saturated rings. The van der Waals surface area contributed by atoms with Crippen LogP contribution in [0, 0.1) is 6.92 Å². The Hall–Kier alpha value is -2.40. The number of carbonyl (C=O) groups excluding carboxylic acids is 1. The molecule has 0 saturated heterocycles. The lowest BCUT2D eigenvalue weighted by atomic mass is 10.1. The molecule has 0 aliphatic rings. The number of halogens is 1. The van der Waals surface area contributed by atoms with Crippen molar-refractivity contribution >= 4 is 39.6 Å². The summed E-state index contributed by atoms with van der Waals surface area (Å²) in [5, 5.41) is 1.01. The molecule has 0 N–H and O–H groups in total. The van der Waals surface area contributed by atoms with Crippen LogP contribution in [0.2, 0.25) is 5.02 Å². The summed E-state index contributed by atoms with van der Waals surface area (Å²) < 4.78 is 10.6. The van der Waals surface area contributed by atoms with Crippen molar-refractivity contribution < 1.29 is 13.9 Å². The molecule has 0 bridgehead atoms. The zero-order chi connectivity index (χ0) is 15.9. The zero-order valence-corrected chi connectivity index (χ0v) is 12.7. The van der Waals surface area contributed by atoms with Crippen LogP contribution in [0.25, 0.3) is 22.1 Å². The van der Waals surface area contributed by atoms with Crippen LogP contribution in [0.1, 0.15) is 23.0 Å². The van der Waals surface area contributed by atoms with Crippen molar-refractivity contribution in [1.29, 1.82) is 0 Å². The van der Waals surface area contributed by atoms with Crippen LogP contribution in [0.4, 0.5) is 0 Å². The van der Waals surface area contributed by atoms with Gasteiger partial charge in [-0.2, -0.15) is 0 Å². The van der Waals surface area contributed by atoms with Crippen LogP contribution in [-0.2, 0) is 4.74 Å². The van der Waals surface area contributed by atoms with E-state index in [9.17, 15) is 9.59 Å². The molecule has 0 spiro atoms. The fourth-order valence-electron chi connectivity index (χ4n) is 2.26. The summed E-state index contributed by atoms with van der Waals surface area (Å²) >= 11 is 5.92. The normalized spacial score (nSPS) is 11.0. The lowest BCUT2D eigenvalue weighted by molar-refractivity contribution is 0.0525. The van der Waals surface area contributed by atoms with Gasteiger partial charge >= 0.3 is 5.97 Å². The van der Waals surface area contributed by atoms with Crippen molar-refractivity contribution in [1.82, 2.24) is 4.98 Å². The van der Waals surface area contributed by atoms with E-state index in [2.05, 4.69) is 4.98 Å². The van der Waals surface area contributed by atoms with Crippen molar-refractivity contribution in [2.24, 2.45) is 0 Å². The number of carbonyl (C=O) groups is 1. The van der Waals surface area contributed by atoms with Crippen LogP contribution >= 0.6 is 11.6 Å². The molecule has 0 unspecified atom stereocenters. The van der Waals surface area contributed by atoms with Gasteiger partial charge < -0.3 is 9.15 Å². The molecule has 0 saturated carbocycles. The van der Waals surface area contributed by atoms with Crippen molar-refractivity contribution in [3.05, 3.63) is 50.8 Å². The third kappa shape index (κ3) is 2.33. The Bertz CT molecular complexity index is 962. The number of hydrogen-bond donors (Lipinski definition) is 0. The number of benzene rings is 1. The summed E-state index contributed by atoms with van der Waals surface area (Å²) in [5.41, 5.74) is 1.00. The fourth-order valence-corrected chi connectivity index (χ4v) is 2.43. The minimum atomic E-state index is -0.514. The van der Waals surface area contributed by atoms with E-state index in [-0.39, 0.29) is 28.7 Å². The van der Waals surface area contributed by atoms with E-state index in [0.29, 0.717) is 21.7 Å². The maximum Gasteiger partial charge on any atom is 0.339 e. The van der Waals surface area contributed by atoms with E-state index in [1.54, 1.807) is 26.0 Å². The van der Waals surface area contributed by atoms with Crippen molar-refractivity contribution in [3.63, 3.8) is 0 Å². The van der Waals surface area contributed by atoms with Gasteiger partial charge in [0.25, 0.3) is 0 Å². The highest BCUT2D eigenvalue weighted by atomic mass is 35.5. The lowest BCUT2D eigenvalue weighted by Crippen LogP contribution is -2.11. The monoisotopic (exact) mass is 317 g/mol. The number of ether oxygens (including phenoxy) is 1. The van der Waals surface area contributed by atoms with Gasteiger partial charge in [0.15, 0.2) is 0 Å². The predicted octanol–water partition coefficient (Wildman–Crippen LogP) is 3.48. The second-order valence-corrected chi connectivity index (χ2v) is 5.20. The Morgan fingerprint density at radius 1 is 1.32 bits per heavy atom. The molecule has 6 heteroatoms. The molecule has 0 radical (unpaired) electrons. The van der Waals surface area contributed by atoms with Gasteiger partial charge in [-0.3, -0.25) is 4.79 Å². The molecular weight excluding hydrogens is 306 g/mol. The zero-order valence-electron chi connectivity index (χ0n) is 12.0. The summed E-state index contributed by atoms with van der Waals surface area (Å²) in [4.78, 5) is 28.7. The van der Waals surface area contributed by atoms with Crippen molar-refractivity contribution in [2.45, 2.75) is 13.8 Å². The van der Waals surface area contributed by atoms with Gasteiger partial charge in [0.05, 0.1) is 28.6 Å². The topological polar surface area (TPSA) is 69.4 Å². The minimum absolute atomic E-state index is 0.186. The number of pyridine rings is 1. The molecule has 2 aromatic heterocycles. The maximum atomic E-state index is 12.6. The van der Waals surface area contributed by atoms with Crippen molar-refractivity contribution in [2.75, 3.05) is 6.61 Å². The highest BCUT2D eigenvalue weighted by Gasteiger charge is 2.16. The number of nitrogens with zero attached hydrogens (tertiary/aromatic N) is 1. The molecule has 1 aromatic carbocycles. The lowest BCUT2D eigenvalue weighted by Gasteiger charge is -2.07. The Labute approximate surface area is 130 Å². The first-order valence-corrected chi connectivity index (χ1v) is 7.10. The predicted molar refractivity (Wildman–Crippen MR) is 83.5 cm³/mol. The first-order valence-electron chi connectivity index (χ1n) is 6.72. The summed E-state index contributed by atoms with van der Waals surface area (Å²) in [7, 11) is 0. The summed E-state index contributed by atoms with van der Waals surface area (Å²) in [6.07, 6.45) is 0. The largest absolute Gasteiger partial charge is 0.462 e. The summed E-state index contributed by atoms with van der Waals surface area (Å²) in [6, 6.07) is 6.25. The van der Waals surface area contributed by atoms with E-state index >= 15 is 0 Å². The first-order chi connectivity index (χ1) is 10.5. The molecule has 22 heavy (non-hydrogen) atoms. The van der Waals surface area contributed by atoms with E-state index in [1.165, 1.54) is 12.1 Å². The SMILES string of the molecule is CCOC(=O)c1cc2c(=O)c3cc(Cl)ccc3oc2nc1C. The Morgan fingerprint density at radius 2 is 2.09 bits per heavy atom. The van der Waals surface area contributed by atoms with E-state index < -0.39 is 5.97 Å². The van der Waals surface area contributed by atoms with Gasteiger partial charge in [-0.1, -0.05) is 11.6 Å². The number of esters is 1. The van der Waals surface area contributed by atoms with Gasteiger partial charge in [0, 0.05) is 5.02 Å². The molecule has 2 heterocycles. The Morgan fingerprint density at radius 3 is 2.82 bits per heavy atom. The first kappa shape index (κ1) is 14.5. The standard InChI is InChI=1S/C16H12ClNO4/c1-3-21-16(20)10-7-12-14(19)11-6-9(17)4-5-13(11)22-15(12)18-8(10)2/h4-7H,3H2,1-2H3. The van der Waals surface area contributed by atoms with Crippen LogP contribution in [0.3, 0.4) is 0 Å². The third-order valence-electron chi connectivity index (χ3n) is 3.31. The molecule has 5 nitrogen and oxygen atoms in total. The molecule has 0 amide bonds. The van der Waals surface area contributed by atoms with Gasteiger partial charge in [-0.25, -0.2) is 9.78 Å². The molecule has 3 rings (SSSR count). The number of rotatable bonds is 2. The second-order valence-electron chi connectivity index (χ2n) is 4.77. The smallest absolute Gasteiger partial charge is 0.339 e. The Kier molecular flexibility index (Phi) is 3.58. The molecular formula is C16H12ClNO4. The molecule has 0 aliphatic carbocycles. The second kappa shape index (κ2) is 5.42. The van der Waals surface area contributed by atoms with Gasteiger partial charge in [-0.05, 0) is 38.1 Å².